The van der Waals surface area contributed by atoms with Crippen LogP contribution in [0.2, 0.25) is 0 Å². The van der Waals surface area contributed by atoms with Gasteiger partial charge < -0.3 is 13.9 Å². The van der Waals surface area contributed by atoms with Gasteiger partial charge in [0.25, 0.3) is 0 Å². The molecule has 0 saturated heterocycles. The second-order valence-electron chi connectivity index (χ2n) is 5.16. The average Bonchev–Trinajstić information content (AvgIpc) is 2.93. The number of rotatable bonds is 4. The van der Waals surface area contributed by atoms with Gasteiger partial charge in [-0.1, -0.05) is 6.07 Å². The molecule has 1 aromatic carbocycles. The van der Waals surface area contributed by atoms with Crippen molar-refractivity contribution >= 4 is 5.97 Å². The molecule has 0 aliphatic heterocycles. The molecule has 0 aliphatic rings. The van der Waals surface area contributed by atoms with Gasteiger partial charge in [0.15, 0.2) is 6.10 Å². The van der Waals surface area contributed by atoms with Gasteiger partial charge in [-0.25, -0.2) is 4.79 Å². The van der Waals surface area contributed by atoms with Crippen LogP contribution in [0, 0.1) is 20.8 Å². The fourth-order valence-electron chi connectivity index (χ4n) is 2.15. The molecule has 2 rings (SSSR count). The maximum Gasteiger partial charge on any atom is 0.373 e. The molecule has 1 heterocycles. The van der Waals surface area contributed by atoms with Crippen LogP contribution in [0.15, 0.2) is 28.7 Å². The number of hydrogen-bond donors (Lipinski definition) is 0. The molecule has 0 fully saturated rings. The number of benzene rings is 1. The molecule has 0 amide bonds. The summed E-state index contributed by atoms with van der Waals surface area (Å²) < 4.78 is 16.1. The summed E-state index contributed by atoms with van der Waals surface area (Å²) in [5.41, 5.74) is 3.44. The van der Waals surface area contributed by atoms with E-state index in [0.29, 0.717) is 5.76 Å². The summed E-state index contributed by atoms with van der Waals surface area (Å²) in [5, 5.41) is 0. The van der Waals surface area contributed by atoms with Crippen LogP contribution in [-0.2, 0) is 4.74 Å². The van der Waals surface area contributed by atoms with Gasteiger partial charge in [0, 0.05) is 0 Å². The van der Waals surface area contributed by atoms with Crippen LogP contribution in [0.5, 0.6) is 5.75 Å². The second kappa shape index (κ2) is 6.04. The lowest BCUT2D eigenvalue weighted by atomic mass is 10.1. The number of esters is 1. The van der Waals surface area contributed by atoms with Crippen LogP contribution in [-0.4, -0.2) is 13.1 Å². The van der Waals surface area contributed by atoms with E-state index >= 15 is 0 Å². The molecule has 1 atom stereocenters. The fourth-order valence-corrected chi connectivity index (χ4v) is 2.15. The van der Waals surface area contributed by atoms with E-state index in [1.807, 2.05) is 26.8 Å². The van der Waals surface area contributed by atoms with Crippen LogP contribution >= 0.6 is 0 Å². The van der Waals surface area contributed by atoms with Crippen molar-refractivity contribution in [3.05, 3.63) is 52.5 Å². The van der Waals surface area contributed by atoms with E-state index in [1.54, 1.807) is 12.1 Å². The molecule has 0 N–H and O–H groups in total. The summed E-state index contributed by atoms with van der Waals surface area (Å²) in [6.45, 7) is 8.00. The van der Waals surface area contributed by atoms with E-state index in [9.17, 15) is 4.79 Å². The molecule has 0 spiro atoms. The molecule has 4 nitrogen and oxygen atoms in total. The smallest absolute Gasteiger partial charge is 0.373 e. The van der Waals surface area contributed by atoms with Crippen molar-refractivity contribution < 1.29 is 18.7 Å². The molecule has 1 unspecified atom stereocenters. The Morgan fingerprint density at radius 3 is 2.57 bits per heavy atom. The van der Waals surface area contributed by atoms with Crippen LogP contribution in [0.3, 0.4) is 0 Å². The van der Waals surface area contributed by atoms with Crippen molar-refractivity contribution in [2.75, 3.05) is 7.11 Å². The second-order valence-corrected chi connectivity index (χ2v) is 5.16. The fraction of sp³-hybridized carbons (Fsp3) is 0.353. The summed E-state index contributed by atoms with van der Waals surface area (Å²) in [6, 6.07) is 7.45. The zero-order chi connectivity index (χ0) is 15.6. The van der Waals surface area contributed by atoms with Crippen molar-refractivity contribution in [3.8, 4) is 5.75 Å². The van der Waals surface area contributed by atoms with Gasteiger partial charge in [-0.05, 0) is 62.6 Å². The highest BCUT2D eigenvalue weighted by atomic mass is 16.5. The Hall–Kier alpha value is -2.23. The molecule has 0 aliphatic carbocycles. The van der Waals surface area contributed by atoms with Gasteiger partial charge >= 0.3 is 5.97 Å². The van der Waals surface area contributed by atoms with Gasteiger partial charge in [-0.2, -0.15) is 0 Å². The summed E-state index contributed by atoms with van der Waals surface area (Å²) in [7, 11) is 1.32. The third-order valence-corrected chi connectivity index (χ3v) is 3.48. The minimum atomic E-state index is -0.490. The molecule has 0 saturated carbocycles. The highest BCUT2D eigenvalue weighted by molar-refractivity contribution is 5.86. The normalized spacial score (nSPS) is 12.0. The summed E-state index contributed by atoms with van der Waals surface area (Å²) >= 11 is 0. The number of hydrogen-bond acceptors (Lipinski definition) is 4. The molecular formula is C17H20O4. The quantitative estimate of drug-likeness (QED) is 0.794. The van der Waals surface area contributed by atoms with Crippen LogP contribution in [0.1, 0.15) is 46.0 Å². The highest BCUT2D eigenvalue weighted by Gasteiger charge is 2.17. The predicted molar refractivity (Wildman–Crippen MR) is 79.7 cm³/mol. The van der Waals surface area contributed by atoms with E-state index < -0.39 is 5.97 Å². The van der Waals surface area contributed by atoms with Crippen LogP contribution < -0.4 is 4.74 Å². The number of methoxy groups -OCH3 is 1. The third kappa shape index (κ3) is 3.27. The Labute approximate surface area is 124 Å². The molecule has 21 heavy (non-hydrogen) atoms. The molecule has 4 heteroatoms. The van der Waals surface area contributed by atoms with Crippen molar-refractivity contribution in [2.24, 2.45) is 0 Å². The average molecular weight is 288 g/mol. The summed E-state index contributed by atoms with van der Waals surface area (Å²) in [5.74, 6) is 1.11. The first-order chi connectivity index (χ1) is 9.92. The monoisotopic (exact) mass is 288 g/mol. The topological polar surface area (TPSA) is 48.7 Å². The number of ether oxygens (including phenoxy) is 2. The largest absolute Gasteiger partial charge is 0.482 e. The lowest BCUT2D eigenvalue weighted by Crippen LogP contribution is -2.04. The van der Waals surface area contributed by atoms with Crippen LogP contribution in [0.25, 0.3) is 0 Å². The highest BCUT2D eigenvalue weighted by Crippen LogP contribution is 2.29. The standard InChI is InChI=1S/C17H20O4/c1-10-8-11(2)12(3)16(9-10)20-13(4)14-6-7-15(21-14)17(18)19-5/h6-9,13H,1-5H3. The Morgan fingerprint density at radius 2 is 1.90 bits per heavy atom. The number of aryl methyl sites for hydroxylation is 2. The van der Waals surface area contributed by atoms with E-state index in [0.717, 1.165) is 16.9 Å². The maximum absolute atomic E-state index is 11.4. The van der Waals surface area contributed by atoms with E-state index in [1.165, 1.54) is 12.7 Å². The minimum Gasteiger partial charge on any atom is -0.482 e. The van der Waals surface area contributed by atoms with Crippen molar-refractivity contribution in [1.29, 1.82) is 0 Å². The number of furan rings is 1. The first kappa shape index (κ1) is 15.2. The minimum absolute atomic E-state index is 0.181. The molecule has 1 aromatic heterocycles. The molecular weight excluding hydrogens is 268 g/mol. The predicted octanol–water partition coefficient (Wildman–Crippen LogP) is 4.13. The molecule has 2 aromatic rings. The van der Waals surface area contributed by atoms with Crippen LogP contribution in [0.4, 0.5) is 0 Å². The van der Waals surface area contributed by atoms with E-state index in [-0.39, 0.29) is 11.9 Å². The zero-order valence-electron chi connectivity index (χ0n) is 13.0. The lowest BCUT2D eigenvalue weighted by Gasteiger charge is -2.16. The lowest BCUT2D eigenvalue weighted by molar-refractivity contribution is 0.0558. The maximum atomic E-state index is 11.4. The van der Waals surface area contributed by atoms with Crippen molar-refractivity contribution in [1.82, 2.24) is 0 Å². The van der Waals surface area contributed by atoms with Gasteiger partial charge in [-0.15, -0.1) is 0 Å². The Morgan fingerprint density at radius 1 is 1.19 bits per heavy atom. The molecule has 0 radical (unpaired) electrons. The first-order valence-electron chi connectivity index (χ1n) is 6.85. The Kier molecular flexibility index (Phi) is 4.36. The number of carbonyl (C=O) groups is 1. The SMILES string of the molecule is COC(=O)c1ccc(C(C)Oc2cc(C)cc(C)c2C)o1. The van der Waals surface area contributed by atoms with Gasteiger partial charge in [-0.3, -0.25) is 0 Å². The third-order valence-electron chi connectivity index (χ3n) is 3.48. The van der Waals surface area contributed by atoms with E-state index in [4.69, 9.17) is 9.15 Å². The molecule has 112 valence electrons. The van der Waals surface area contributed by atoms with E-state index in [2.05, 4.69) is 17.7 Å². The Bertz CT molecular complexity index is 655. The Balaban J connectivity index is 2.20. The summed E-state index contributed by atoms with van der Waals surface area (Å²) in [6.07, 6.45) is -0.289. The zero-order valence-corrected chi connectivity index (χ0v) is 13.0. The van der Waals surface area contributed by atoms with Crippen molar-refractivity contribution in [3.63, 3.8) is 0 Å². The number of carbonyl (C=O) groups excluding carboxylic acids is 1. The van der Waals surface area contributed by atoms with Gasteiger partial charge in [0.1, 0.15) is 11.5 Å². The van der Waals surface area contributed by atoms with Gasteiger partial charge in [0.2, 0.25) is 5.76 Å². The molecule has 0 bridgehead atoms. The van der Waals surface area contributed by atoms with Gasteiger partial charge in [0.05, 0.1) is 7.11 Å². The summed E-state index contributed by atoms with van der Waals surface area (Å²) in [4.78, 5) is 11.4. The first-order valence-corrected chi connectivity index (χ1v) is 6.85. The van der Waals surface area contributed by atoms with Crippen molar-refractivity contribution in [2.45, 2.75) is 33.8 Å².